The summed E-state index contributed by atoms with van der Waals surface area (Å²) in [6, 6.07) is 9.18. The van der Waals surface area contributed by atoms with Gasteiger partial charge in [-0.25, -0.2) is 0 Å². The maximum atomic E-state index is 13.0. The lowest BCUT2D eigenvalue weighted by Gasteiger charge is -2.35. The molecule has 0 spiro atoms. The second-order valence-electron chi connectivity index (χ2n) is 19.0. The molecular weight excluding hydrogens is 991 g/mol. The number of rotatable bonds is 24. The van der Waals surface area contributed by atoms with Gasteiger partial charge in [0, 0.05) is 62.1 Å². The van der Waals surface area contributed by atoms with Crippen LogP contribution in [0.1, 0.15) is 121 Å². The summed E-state index contributed by atoms with van der Waals surface area (Å²) in [5.41, 5.74) is 22.8. The van der Waals surface area contributed by atoms with E-state index in [9.17, 15) is 38.7 Å². The van der Waals surface area contributed by atoms with Crippen molar-refractivity contribution in [3.63, 3.8) is 0 Å². The summed E-state index contributed by atoms with van der Waals surface area (Å²) >= 11 is 1.96. The van der Waals surface area contributed by atoms with Crippen LogP contribution in [-0.2, 0) is 52.9 Å². The topological polar surface area (TPSA) is 314 Å². The number of aliphatic carboxylic acids is 2. The van der Waals surface area contributed by atoms with E-state index in [2.05, 4.69) is 116 Å². The highest BCUT2D eigenvalue weighted by Crippen LogP contribution is 2.56. The molecule has 3 aromatic rings. The van der Waals surface area contributed by atoms with E-state index in [1.165, 1.54) is 60.9 Å². The van der Waals surface area contributed by atoms with Crippen molar-refractivity contribution in [3.8, 4) is 23.7 Å². The van der Waals surface area contributed by atoms with E-state index in [1.54, 1.807) is 10.9 Å². The maximum Gasteiger partial charge on any atom is 0.305 e. The van der Waals surface area contributed by atoms with Crippen molar-refractivity contribution in [2.45, 2.75) is 142 Å². The first-order valence-corrected chi connectivity index (χ1v) is 26.5. The molecule has 76 heavy (non-hydrogen) atoms. The predicted molar refractivity (Wildman–Crippen MR) is 287 cm³/mol. The van der Waals surface area contributed by atoms with Gasteiger partial charge in [-0.15, -0.1) is 22.9 Å². The van der Waals surface area contributed by atoms with Crippen molar-refractivity contribution < 1.29 is 43.8 Å². The number of benzene rings is 2. The normalized spacial score (nSPS) is 17.8. The molecular formula is C55H65N11O9S. The average molecular weight is 1060 g/mol. The zero-order valence-electron chi connectivity index (χ0n) is 43.1. The van der Waals surface area contributed by atoms with Crippen molar-refractivity contribution in [1.29, 1.82) is 0 Å². The lowest BCUT2D eigenvalue weighted by molar-refractivity contribution is -0.141. The third-order valence-corrected chi connectivity index (χ3v) is 14.7. The van der Waals surface area contributed by atoms with Gasteiger partial charge in [0.2, 0.25) is 29.5 Å². The molecule has 0 saturated heterocycles. The van der Waals surface area contributed by atoms with Crippen molar-refractivity contribution in [2.24, 2.45) is 22.7 Å². The third-order valence-electron chi connectivity index (χ3n) is 13.4. The number of nitrogens with zero attached hydrogens (tertiary/aromatic N) is 6. The monoisotopic (exact) mass is 1060 g/mol. The molecule has 3 aliphatic rings. The van der Waals surface area contributed by atoms with E-state index in [-0.39, 0.29) is 25.2 Å². The largest absolute Gasteiger partial charge is 0.481 e. The summed E-state index contributed by atoms with van der Waals surface area (Å²) in [5.74, 6) is 7.03. The number of amides is 5. The highest BCUT2D eigenvalue weighted by Gasteiger charge is 2.36. The molecule has 400 valence electrons. The standard InChI is InChI=1S/C55H65N11O9S/c1-4-39-44(17-8-6-5-7-12-26-59-64-57)76-45-23-18-35(29-41(45)52(39)50-33(2)28-37-20-19-36-15-9-10-16-40(36)51(37)50)14-11-13-27-66-32-38(63-65-66)21-24-46(67)62-43(30-49(71)72)54(74)58-31-47(68)61-42(22-25-48(69)70)55(75)60-34(3)53(56)73/h9-10,15-16,19-20,32-35,42-43H,4,6,8,12-13,17-18,21-31H2,1-3H3,(H2,56,73)(H,58,74)(H,60,75)(H,61,68)(H,62,67)(H,69,70)(H,71,72)/b52-50+/t33?,34-,35+,42-,43-/m0/s1. The van der Waals surface area contributed by atoms with Gasteiger partial charge in [-0.2, -0.15) is 0 Å². The Kier molecular flexibility index (Phi) is 21.3. The van der Waals surface area contributed by atoms with Gasteiger partial charge in [-0.05, 0) is 124 Å². The van der Waals surface area contributed by atoms with Gasteiger partial charge in [-0.1, -0.05) is 78.3 Å². The number of thioether (sulfide) groups is 1. The Balaban J connectivity index is 1.05. The number of nitrogens with one attached hydrogen (secondary N) is 4. The Labute approximate surface area is 445 Å². The number of hydrogen-bond acceptors (Lipinski definition) is 11. The lowest BCUT2D eigenvalue weighted by atomic mass is 9.77. The van der Waals surface area contributed by atoms with Crippen LogP contribution in [0.2, 0.25) is 0 Å². The number of azide groups is 1. The SMILES string of the molecule is CCC1=C(CCCC#CCCN=[N+]=[N-])SC2=C(C[C@H](C#CCCn3cc(CCC(=O)N[C@@H](CC(=O)O)C(=O)NCC(=O)N[C@@H](CCC(=O)O)C(=O)N[C@@H](C)C(N)=O)nn3)CC2)/C1=C1/c2c(ccc3ccccc23)CC1C. The average Bonchev–Trinajstić information content (AvgIpc) is 4.04. The van der Waals surface area contributed by atoms with Crippen molar-refractivity contribution in [3.05, 3.63) is 96.4 Å². The molecule has 6 rings (SSSR count). The van der Waals surface area contributed by atoms with Crippen LogP contribution in [0, 0.1) is 35.5 Å². The number of unbranched alkanes of at least 4 members (excludes halogenated alkanes) is 1. The second kappa shape index (κ2) is 28.1. The zero-order valence-corrected chi connectivity index (χ0v) is 43.9. The molecule has 21 heteroatoms. The Morgan fingerprint density at radius 2 is 1.71 bits per heavy atom. The predicted octanol–water partition coefficient (Wildman–Crippen LogP) is 6.16. The smallest absolute Gasteiger partial charge is 0.305 e. The summed E-state index contributed by atoms with van der Waals surface area (Å²) < 4.78 is 1.65. The van der Waals surface area contributed by atoms with E-state index in [0.29, 0.717) is 37.5 Å². The summed E-state index contributed by atoms with van der Waals surface area (Å²) in [7, 11) is 0. The highest BCUT2D eigenvalue weighted by molar-refractivity contribution is 8.06. The van der Waals surface area contributed by atoms with E-state index >= 15 is 0 Å². The van der Waals surface area contributed by atoms with Crippen LogP contribution >= 0.6 is 11.8 Å². The number of aryl methyl sites for hydroxylation is 2. The molecule has 8 N–H and O–H groups in total. The molecule has 5 amide bonds. The first-order valence-electron chi connectivity index (χ1n) is 25.7. The van der Waals surface area contributed by atoms with Gasteiger partial charge >= 0.3 is 11.9 Å². The number of carbonyl (C=O) groups excluding carboxylic acids is 5. The van der Waals surface area contributed by atoms with E-state index in [0.717, 1.165) is 51.4 Å². The maximum absolute atomic E-state index is 13.0. The first-order chi connectivity index (χ1) is 36.6. The summed E-state index contributed by atoms with van der Waals surface area (Å²) in [4.78, 5) is 91.1. The number of carbonyl (C=O) groups is 7. The number of primary amides is 1. The fourth-order valence-electron chi connectivity index (χ4n) is 9.65. The fourth-order valence-corrected chi connectivity index (χ4v) is 11.1. The number of nitrogens with two attached hydrogens (primary N) is 1. The Bertz CT molecular complexity index is 3000. The molecule has 0 radical (unpaired) electrons. The minimum atomic E-state index is -1.56. The minimum Gasteiger partial charge on any atom is -0.481 e. The second-order valence-corrected chi connectivity index (χ2v) is 20.2. The first kappa shape index (κ1) is 57.4. The van der Waals surface area contributed by atoms with Gasteiger partial charge in [-0.3, -0.25) is 38.2 Å². The molecule has 2 heterocycles. The lowest BCUT2D eigenvalue weighted by Crippen LogP contribution is -2.54. The number of allylic oxidation sites excluding steroid dienone is 6. The molecule has 5 atom stereocenters. The Morgan fingerprint density at radius 3 is 2.46 bits per heavy atom. The molecule has 1 unspecified atom stereocenters. The summed E-state index contributed by atoms with van der Waals surface area (Å²) in [6.07, 6.45) is 8.51. The van der Waals surface area contributed by atoms with E-state index in [1.807, 2.05) is 11.8 Å². The molecule has 20 nitrogen and oxygen atoms in total. The zero-order chi connectivity index (χ0) is 54.7. The Morgan fingerprint density at radius 1 is 0.934 bits per heavy atom. The molecule has 0 fully saturated rings. The third kappa shape index (κ3) is 16.1. The number of aromatic nitrogens is 3. The van der Waals surface area contributed by atoms with Crippen LogP contribution in [-0.4, -0.2) is 97.9 Å². The van der Waals surface area contributed by atoms with Crippen LogP contribution in [0.3, 0.4) is 0 Å². The van der Waals surface area contributed by atoms with Gasteiger partial charge in [0.05, 0.1) is 25.2 Å². The van der Waals surface area contributed by atoms with Crippen molar-refractivity contribution in [2.75, 3.05) is 13.1 Å². The van der Waals surface area contributed by atoms with Gasteiger partial charge in [0.15, 0.2) is 0 Å². The summed E-state index contributed by atoms with van der Waals surface area (Å²) in [6.45, 7) is 6.05. The fraction of sp³-hybridized carbons (Fsp3) is 0.473. The molecule has 2 aliphatic carbocycles. The van der Waals surface area contributed by atoms with Crippen LogP contribution < -0.4 is 27.0 Å². The summed E-state index contributed by atoms with van der Waals surface area (Å²) in [5, 5.41) is 42.2. The van der Waals surface area contributed by atoms with Crippen molar-refractivity contribution >= 4 is 69.6 Å². The molecule has 2 aromatic carbocycles. The van der Waals surface area contributed by atoms with E-state index < -0.39 is 79.0 Å². The quantitative estimate of drug-likeness (QED) is 0.0175. The molecule has 0 bridgehead atoms. The van der Waals surface area contributed by atoms with Crippen molar-refractivity contribution in [1.82, 2.24) is 36.3 Å². The van der Waals surface area contributed by atoms with Crippen LogP contribution in [0.25, 0.3) is 26.8 Å². The van der Waals surface area contributed by atoms with Gasteiger partial charge in [0.25, 0.3) is 0 Å². The van der Waals surface area contributed by atoms with E-state index in [4.69, 9.17) is 16.4 Å². The number of carboxylic acids is 2. The molecule has 1 aromatic heterocycles. The van der Waals surface area contributed by atoms with Crippen LogP contribution in [0.5, 0.6) is 0 Å². The number of carboxylic acid groups (broad SMARTS) is 2. The molecule has 1 aliphatic heterocycles. The highest BCUT2D eigenvalue weighted by atomic mass is 32.2. The molecule has 0 saturated carbocycles. The minimum absolute atomic E-state index is 0.133. The van der Waals surface area contributed by atoms with Crippen LogP contribution in [0.15, 0.2) is 74.2 Å². The van der Waals surface area contributed by atoms with Crippen LogP contribution in [0.4, 0.5) is 0 Å². The Hall–Kier alpha value is -7.87. The number of hydrogen-bond donors (Lipinski definition) is 7. The van der Waals surface area contributed by atoms with Gasteiger partial charge < -0.3 is 37.2 Å². The van der Waals surface area contributed by atoms with Gasteiger partial charge in [0.1, 0.15) is 18.1 Å². The number of fused-ring (bicyclic) bond motifs is 3.